The standard InChI is InChI=1S/C15H17ClN2S/c1-15(2)10-13(17-14(18-15)19-3)8-7-11-5-4-6-12(16)9-11/h4-10H,1-3H3,(H,17,18)/b8-7+. The lowest BCUT2D eigenvalue weighted by molar-refractivity contribution is 0.639. The van der Waals surface area contributed by atoms with E-state index in [1.54, 1.807) is 11.8 Å². The van der Waals surface area contributed by atoms with E-state index in [0.29, 0.717) is 0 Å². The van der Waals surface area contributed by atoms with Crippen LogP contribution in [-0.2, 0) is 0 Å². The number of hydrogen-bond acceptors (Lipinski definition) is 3. The minimum Gasteiger partial charge on any atom is -0.335 e. The van der Waals surface area contributed by atoms with Gasteiger partial charge in [0.25, 0.3) is 0 Å². The minimum absolute atomic E-state index is 0.169. The molecule has 1 heterocycles. The van der Waals surface area contributed by atoms with Crippen LogP contribution in [0.4, 0.5) is 0 Å². The van der Waals surface area contributed by atoms with Gasteiger partial charge in [-0.1, -0.05) is 41.6 Å². The van der Waals surface area contributed by atoms with Crippen LogP contribution in [0.3, 0.4) is 0 Å². The molecule has 0 bridgehead atoms. The third-order valence-electron chi connectivity index (χ3n) is 2.65. The van der Waals surface area contributed by atoms with E-state index in [4.69, 9.17) is 11.6 Å². The molecule has 19 heavy (non-hydrogen) atoms. The van der Waals surface area contributed by atoms with Crippen molar-refractivity contribution in [1.82, 2.24) is 5.32 Å². The molecular weight excluding hydrogens is 276 g/mol. The third kappa shape index (κ3) is 4.15. The van der Waals surface area contributed by atoms with Crippen LogP contribution >= 0.6 is 23.4 Å². The van der Waals surface area contributed by atoms with Crippen LogP contribution in [0.1, 0.15) is 19.4 Å². The molecule has 2 nitrogen and oxygen atoms in total. The van der Waals surface area contributed by atoms with Crippen LogP contribution in [0.25, 0.3) is 6.08 Å². The molecule has 1 aliphatic rings. The zero-order chi connectivity index (χ0) is 13.9. The number of amidine groups is 1. The third-order valence-corrected chi connectivity index (χ3v) is 3.46. The number of nitrogens with one attached hydrogen (secondary N) is 1. The van der Waals surface area contributed by atoms with Crippen molar-refractivity contribution in [2.75, 3.05) is 6.26 Å². The molecule has 0 spiro atoms. The highest BCUT2D eigenvalue weighted by Gasteiger charge is 2.19. The molecular formula is C15H17ClN2S. The van der Waals surface area contributed by atoms with Gasteiger partial charge in [-0.25, -0.2) is 0 Å². The summed E-state index contributed by atoms with van der Waals surface area (Å²) in [4.78, 5) is 4.59. The Hall–Kier alpha value is -1.19. The van der Waals surface area contributed by atoms with Gasteiger partial charge in [0.1, 0.15) is 0 Å². The number of halogens is 1. The van der Waals surface area contributed by atoms with Crippen LogP contribution < -0.4 is 5.32 Å². The summed E-state index contributed by atoms with van der Waals surface area (Å²) in [5, 5.41) is 4.99. The highest BCUT2D eigenvalue weighted by atomic mass is 35.5. The van der Waals surface area contributed by atoms with Gasteiger partial charge in [-0.3, -0.25) is 4.99 Å². The van der Waals surface area contributed by atoms with E-state index in [1.165, 1.54) is 0 Å². The van der Waals surface area contributed by atoms with Crippen molar-refractivity contribution < 1.29 is 0 Å². The maximum Gasteiger partial charge on any atom is 0.161 e. The van der Waals surface area contributed by atoms with Gasteiger partial charge in [-0.15, -0.1) is 0 Å². The van der Waals surface area contributed by atoms with Crippen LogP contribution in [0.15, 0.2) is 47.1 Å². The van der Waals surface area contributed by atoms with Gasteiger partial charge >= 0.3 is 0 Å². The summed E-state index contributed by atoms with van der Waals surface area (Å²) in [5.74, 6) is 0. The molecule has 1 aromatic carbocycles. The molecule has 2 rings (SSSR count). The van der Waals surface area contributed by atoms with E-state index >= 15 is 0 Å². The summed E-state index contributed by atoms with van der Waals surface area (Å²) in [6.07, 6.45) is 8.24. The van der Waals surface area contributed by atoms with Crippen molar-refractivity contribution in [1.29, 1.82) is 0 Å². The van der Waals surface area contributed by atoms with Crippen molar-refractivity contribution in [3.05, 3.63) is 52.7 Å². The van der Waals surface area contributed by atoms with Crippen molar-refractivity contribution >= 4 is 34.6 Å². The van der Waals surface area contributed by atoms with Gasteiger partial charge in [0.2, 0.25) is 0 Å². The average molecular weight is 293 g/mol. The first-order valence-electron chi connectivity index (χ1n) is 6.06. The number of nitrogens with zero attached hydrogens (tertiary/aromatic N) is 1. The van der Waals surface area contributed by atoms with Gasteiger partial charge in [0.05, 0.1) is 5.54 Å². The minimum atomic E-state index is -0.169. The molecule has 0 atom stereocenters. The maximum absolute atomic E-state index is 5.97. The smallest absolute Gasteiger partial charge is 0.161 e. The summed E-state index contributed by atoms with van der Waals surface area (Å²) in [6, 6.07) is 7.79. The van der Waals surface area contributed by atoms with Crippen molar-refractivity contribution in [2.24, 2.45) is 4.99 Å². The Bertz CT molecular complexity index is 559. The SMILES string of the molecule is CSC1=NC(C)(C)C=C(/C=C/c2cccc(Cl)c2)N1. The molecule has 0 fully saturated rings. The van der Waals surface area contributed by atoms with Gasteiger partial charge in [-0.2, -0.15) is 0 Å². The maximum atomic E-state index is 5.97. The Morgan fingerprint density at radius 3 is 2.79 bits per heavy atom. The van der Waals surface area contributed by atoms with E-state index in [2.05, 4.69) is 36.3 Å². The Morgan fingerprint density at radius 1 is 1.32 bits per heavy atom. The fourth-order valence-corrected chi connectivity index (χ4v) is 2.59. The molecule has 0 radical (unpaired) electrons. The van der Waals surface area contributed by atoms with E-state index in [9.17, 15) is 0 Å². The van der Waals surface area contributed by atoms with Crippen LogP contribution in [-0.4, -0.2) is 17.0 Å². The van der Waals surface area contributed by atoms with Gasteiger partial charge in [0, 0.05) is 10.7 Å². The van der Waals surface area contributed by atoms with Crippen LogP contribution in [0.2, 0.25) is 5.02 Å². The number of rotatable bonds is 2. The van der Waals surface area contributed by atoms with Crippen molar-refractivity contribution in [2.45, 2.75) is 19.4 Å². The van der Waals surface area contributed by atoms with E-state index in [0.717, 1.165) is 21.5 Å². The summed E-state index contributed by atoms with van der Waals surface area (Å²) < 4.78 is 0. The first-order valence-corrected chi connectivity index (χ1v) is 7.66. The first kappa shape index (κ1) is 14.2. The second-order valence-corrected chi connectivity index (χ2v) is 6.12. The number of thioether (sulfide) groups is 1. The second-order valence-electron chi connectivity index (χ2n) is 4.89. The molecule has 1 aliphatic heterocycles. The predicted octanol–water partition coefficient (Wildman–Crippen LogP) is 4.34. The zero-order valence-corrected chi connectivity index (χ0v) is 12.8. The largest absolute Gasteiger partial charge is 0.335 e. The van der Waals surface area contributed by atoms with E-state index in [1.807, 2.05) is 36.6 Å². The molecule has 100 valence electrons. The molecule has 4 heteroatoms. The van der Waals surface area contributed by atoms with Crippen LogP contribution in [0.5, 0.6) is 0 Å². The quantitative estimate of drug-likeness (QED) is 0.877. The van der Waals surface area contributed by atoms with Gasteiger partial charge in [0.15, 0.2) is 5.17 Å². The average Bonchev–Trinajstić information content (AvgIpc) is 2.34. The monoisotopic (exact) mass is 292 g/mol. The Kier molecular flexibility index (Phi) is 4.38. The fraction of sp³-hybridized carbons (Fsp3) is 0.267. The Labute approximate surface area is 123 Å². The summed E-state index contributed by atoms with van der Waals surface area (Å²) >= 11 is 7.59. The Morgan fingerprint density at radius 2 is 2.11 bits per heavy atom. The molecule has 0 saturated carbocycles. The van der Waals surface area contributed by atoms with E-state index < -0.39 is 0 Å². The molecule has 0 saturated heterocycles. The van der Waals surface area contributed by atoms with Crippen molar-refractivity contribution in [3.8, 4) is 0 Å². The summed E-state index contributed by atoms with van der Waals surface area (Å²) in [7, 11) is 0. The fourth-order valence-electron chi connectivity index (χ4n) is 1.84. The molecule has 0 aromatic heterocycles. The number of hydrogen-bond donors (Lipinski definition) is 1. The highest BCUT2D eigenvalue weighted by molar-refractivity contribution is 8.13. The molecule has 1 aromatic rings. The van der Waals surface area contributed by atoms with Gasteiger partial charge in [-0.05, 0) is 50.0 Å². The molecule has 0 amide bonds. The lowest BCUT2D eigenvalue weighted by Crippen LogP contribution is -2.31. The lowest BCUT2D eigenvalue weighted by Gasteiger charge is -2.24. The summed E-state index contributed by atoms with van der Waals surface area (Å²) in [6.45, 7) is 4.19. The number of benzene rings is 1. The molecule has 0 unspecified atom stereocenters. The van der Waals surface area contributed by atoms with Crippen LogP contribution in [0, 0.1) is 0 Å². The van der Waals surface area contributed by atoms with Gasteiger partial charge < -0.3 is 5.32 Å². The summed E-state index contributed by atoms with van der Waals surface area (Å²) in [5.41, 5.74) is 1.97. The predicted molar refractivity (Wildman–Crippen MR) is 86.7 cm³/mol. The topological polar surface area (TPSA) is 24.4 Å². The Balaban J connectivity index is 2.17. The normalized spacial score (nSPS) is 17.9. The van der Waals surface area contributed by atoms with Crippen molar-refractivity contribution in [3.63, 3.8) is 0 Å². The highest BCUT2D eigenvalue weighted by Crippen LogP contribution is 2.21. The first-order chi connectivity index (χ1) is 8.98. The zero-order valence-electron chi connectivity index (χ0n) is 11.3. The lowest BCUT2D eigenvalue weighted by atomic mass is 10.0. The molecule has 0 aliphatic carbocycles. The van der Waals surface area contributed by atoms with E-state index in [-0.39, 0.29) is 5.54 Å². The number of allylic oxidation sites excluding steroid dienone is 1. The molecule has 1 N–H and O–H groups in total. The second kappa shape index (κ2) is 5.85. The number of aliphatic imine (C=N–C) groups is 1.